The second-order valence-corrected chi connectivity index (χ2v) is 6.14. The fourth-order valence-electron chi connectivity index (χ4n) is 3.19. The Kier molecular flexibility index (Phi) is 6.39. The number of benzene rings is 1. The molecule has 1 saturated heterocycles. The van der Waals surface area contributed by atoms with Crippen LogP contribution in [0.4, 0.5) is 0 Å². The molecule has 3 rings (SSSR count). The summed E-state index contributed by atoms with van der Waals surface area (Å²) >= 11 is 0. The van der Waals surface area contributed by atoms with Gasteiger partial charge in [0.05, 0.1) is 19.8 Å². The van der Waals surface area contributed by atoms with Crippen LogP contribution in [0.1, 0.15) is 36.1 Å². The summed E-state index contributed by atoms with van der Waals surface area (Å²) in [5.74, 6) is 0.870. The number of nitrogens with zero attached hydrogens (tertiary/aromatic N) is 1. The van der Waals surface area contributed by atoms with Gasteiger partial charge in [-0.15, -0.1) is 0 Å². The Labute approximate surface area is 149 Å². The van der Waals surface area contributed by atoms with E-state index in [1.165, 1.54) is 5.56 Å². The molecule has 0 amide bonds. The second kappa shape index (κ2) is 8.94. The first-order chi connectivity index (χ1) is 12.3. The van der Waals surface area contributed by atoms with Crippen LogP contribution < -0.4 is 10.1 Å². The van der Waals surface area contributed by atoms with Crippen molar-refractivity contribution in [1.29, 1.82) is 0 Å². The summed E-state index contributed by atoms with van der Waals surface area (Å²) in [7, 11) is 1.69. The third kappa shape index (κ3) is 4.57. The highest BCUT2D eigenvalue weighted by atomic mass is 16.5. The zero-order valence-electron chi connectivity index (χ0n) is 14.9. The van der Waals surface area contributed by atoms with Gasteiger partial charge in [0, 0.05) is 49.3 Å². The maximum Gasteiger partial charge on any atom is 0.124 e. The summed E-state index contributed by atoms with van der Waals surface area (Å²) in [6.45, 7) is 4.82. The number of rotatable bonds is 8. The van der Waals surface area contributed by atoms with Gasteiger partial charge in [-0.25, -0.2) is 0 Å². The van der Waals surface area contributed by atoms with Gasteiger partial charge >= 0.3 is 0 Å². The molecule has 1 aromatic carbocycles. The van der Waals surface area contributed by atoms with Gasteiger partial charge in [0.2, 0.25) is 0 Å². The lowest BCUT2D eigenvalue weighted by atomic mass is 10.0. The molecule has 5 heteroatoms. The number of nitrogens with one attached hydrogen (secondary N) is 1. The molecule has 0 spiro atoms. The molecular weight excluding hydrogens is 316 g/mol. The van der Waals surface area contributed by atoms with Crippen LogP contribution in [0.2, 0.25) is 0 Å². The molecule has 2 aromatic rings. The third-order valence-electron chi connectivity index (χ3n) is 4.48. The van der Waals surface area contributed by atoms with E-state index in [4.69, 9.17) is 14.2 Å². The van der Waals surface area contributed by atoms with Crippen molar-refractivity contribution in [1.82, 2.24) is 10.3 Å². The minimum absolute atomic E-state index is 0.0647. The summed E-state index contributed by atoms with van der Waals surface area (Å²) in [6, 6.07) is 10.6. The second-order valence-electron chi connectivity index (χ2n) is 6.14. The van der Waals surface area contributed by atoms with E-state index in [1.807, 2.05) is 25.3 Å². The predicted octanol–water partition coefficient (Wildman–Crippen LogP) is 3.25. The molecule has 25 heavy (non-hydrogen) atoms. The van der Waals surface area contributed by atoms with Crippen LogP contribution >= 0.6 is 0 Å². The molecule has 1 aromatic heterocycles. The van der Waals surface area contributed by atoms with Crippen molar-refractivity contribution < 1.29 is 14.2 Å². The molecule has 0 bridgehead atoms. The summed E-state index contributed by atoms with van der Waals surface area (Å²) in [5, 5.41) is 3.63. The predicted molar refractivity (Wildman–Crippen MR) is 96.5 cm³/mol. The fourth-order valence-corrected chi connectivity index (χ4v) is 3.19. The van der Waals surface area contributed by atoms with E-state index >= 15 is 0 Å². The number of hydrogen-bond donors (Lipinski definition) is 1. The van der Waals surface area contributed by atoms with Crippen LogP contribution in [-0.4, -0.2) is 31.3 Å². The maximum absolute atomic E-state index is 5.91. The van der Waals surface area contributed by atoms with Gasteiger partial charge in [0.15, 0.2) is 0 Å². The van der Waals surface area contributed by atoms with Crippen LogP contribution in [0.5, 0.6) is 5.75 Å². The van der Waals surface area contributed by atoms with Crippen LogP contribution in [0.25, 0.3) is 0 Å². The molecule has 1 aliphatic heterocycles. The average Bonchev–Trinajstić information content (AvgIpc) is 3.14. The number of pyridine rings is 1. The number of ether oxygens (including phenoxy) is 3. The lowest BCUT2D eigenvalue weighted by Crippen LogP contribution is -2.31. The van der Waals surface area contributed by atoms with Gasteiger partial charge in [-0.05, 0) is 37.1 Å². The molecule has 5 nitrogen and oxygen atoms in total. The largest absolute Gasteiger partial charge is 0.496 e. The minimum atomic E-state index is 0.0647. The van der Waals surface area contributed by atoms with Crippen molar-refractivity contribution in [2.24, 2.45) is 0 Å². The van der Waals surface area contributed by atoms with Gasteiger partial charge in [-0.2, -0.15) is 0 Å². The Morgan fingerprint density at radius 2 is 2.24 bits per heavy atom. The standard InChI is InChI=1S/C20H26N2O3/c1-3-24-14-17-11-15(6-7-19(17)23-2)12-22-18-8-10-25-20(18)16-5-4-9-21-13-16/h4-7,9,11,13,18,20,22H,3,8,10,12,14H2,1-2H3/t18-,20+/m0/s1. The first-order valence-electron chi connectivity index (χ1n) is 8.80. The quantitative estimate of drug-likeness (QED) is 0.798. The molecule has 2 heterocycles. The molecule has 0 aliphatic carbocycles. The molecule has 2 atom stereocenters. The van der Waals surface area contributed by atoms with Crippen molar-refractivity contribution in [2.45, 2.75) is 38.6 Å². The summed E-state index contributed by atoms with van der Waals surface area (Å²) < 4.78 is 16.9. The Bertz CT molecular complexity index is 663. The SMILES string of the molecule is CCOCc1cc(CN[C@H]2CCO[C@@H]2c2cccnc2)ccc1OC. The van der Waals surface area contributed by atoms with Crippen molar-refractivity contribution in [3.8, 4) is 5.75 Å². The number of hydrogen-bond acceptors (Lipinski definition) is 5. The first-order valence-corrected chi connectivity index (χ1v) is 8.80. The van der Waals surface area contributed by atoms with Crippen LogP contribution in [0.3, 0.4) is 0 Å². The van der Waals surface area contributed by atoms with Crippen LogP contribution in [0.15, 0.2) is 42.7 Å². The molecule has 134 valence electrons. The van der Waals surface area contributed by atoms with E-state index in [0.717, 1.165) is 36.4 Å². The lowest BCUT2D eigenvalue weighted by Gasteiger charge is -2.20. The van der Waals surface area contributed by atoms with E-state index in [0.29, 0.717) is 19.3 Å². The van der Waals surface area contributed by atoms with Crippen LogP contribution in [-0.2, 0) is 22.6 Å². The zero-order chi connectivity index (χ0) is 17.5. The van der Waals surface area contributed by atoms with E-state index < -0.39 is 0 Å². The number of aromatic nitrogens is 1. The Morgan fingerprint density at radius 3 is 3.00 bits per heavy atom. The molecule has 0 saturated carbocycles. The van der Waals surface area contributed by atoms with Crippen molar-refractivity contribution in [3.63, 3.8) is 0 Å². The fraction of sp³-hybridized carbons (Fsp3) is 0.450. The van der Waals surface area contributed by atoms with E-state index in [2.05, 4.69) is 28.5 Å². The summed E-state index contributed by atoms with van der Waals surface area (Å²) in [4.78, 5) is 4.21. The summed E-state index contributed by atoms with van der Waals surface area (Å²) in [6.07, 6.45) is 4.74. The average molecular weight is 342 g/mol. The van der Waals surface area contributed by atoms with E-state index in [-0.39, 0.29) is 6.10 Å². The zero-order valence-corrected chi connectivity index (χ0v) is 14.9. The van der Waals surface area contributed by atoms with Gasteiger partial charge in [0.1, 0.15) is 5.75 Å². The van der Waals surface area contributed by atoms with E-state index in [9.17, 15) is 0 Å². The maximum atomic E-state index is 5.91. The highest BCUT2D eigenvalue weighted by molar-refractivity contribution is 5.37. The molecular formula is C20H26N2O3. The highest BCUT2D eigenvalue weighted by Gasteiger charge is 2.29. The molecule has 0 unspecified atom stereocenters. The van der Waals surface area contributed by atoms with Gasteiger partial charge in [-0.3, -0.25) is 4.98 Å². The molecule has 1 fully saturated rings. The molecule has 1 aliphatic rings. The molecule has 0 radical (unpaired) electrons. The Hall–Kier alpha value is -1.95. The highest BCUT2D eigenvalue weighted by Crippen LogP contribution is 2.29. The normalized spacial score (nSPS) is 19.9. The minimum Gasteiger partial charge on any atom is -0.496 e. The Morgan fingerprint density at radius 1 is 1.32 bits per heavy atom. The Balaban J connectivity index is 1.64. The molecule has 1 N–H and O–H groups in total. The van der Waals surface area contributed by atoms with E-state index in [1.54, 1.807) is 13.3 Å². The van der Waals surface area contributed by atoms with Crippen molar-refractivity contribution in [2.75, 3.05) is 20.3 Å². The number of methoxy groups -OCH3 is 1. The van der Waals surface area contributed by atoms with Gasteiger partial charge in [-0.1, -0.05) is 12.1 Å². The van der Waals surface area contributed by atoms with Gasteiger partial charge < -0.3 is 19.5 Å². The van der Waals surface area contributed by atoms with Crippen molar-refractivity contribution >= 4 is 0 Å². The van der Waals surface area contributed by atoms with Gasteiger partial charge in [0.25, 0.3) is 0 Å². The van der Waals surface area contributed by atoms with Crippen molar-refractivity contribution in [3.05, 3.63) is 59.4 Å². The smallest absolute Gasteiger partial charge is 0.124 e. The summed E-state index contributed by atoms with van der Waals surface area (Å²) in [5.41, 5.74) is 3.42. The van der Waals surface area contributed by atoms with Crippen LogP contribution in [0, 0.1) is 0 Å². The first kappa shape index (κ1) is 17.9. The topological polar surface area (TPSA) is 52.6 Å². The lowest BCUT2D eigenvalue weighted by molar-refractivity contribution is 0.0982. The monoisotopic (exact) mass is 342 g/mol. The third-order valence-corrected chi connectivity index (χ3v) is 4.48.